The van der Waals surface area contributed by atoms with Crippen molar-refractivity contribution in [3.05, 3.63) is 29.3 Å². The van der Waals surface area contributed by atoms with Crippen LogP contribution in [-0.4, -0.2) is 29.6 Å². The summed E-state index contributed by atoms with van der Waals surface area (Å²) in [5.74, 6) is -1.49. The second-order valence-corrected chi connectivity index (χ2v) is 3.77. The summed E-state index contributed by atoms with van der Waals surface area (Å²) in [6, 6.07) is 3.78. The van der Waals surface area contributed by atoms with E-state index in [4.69, 9.17) is 15.6 Å². The molecule has 0 atom stereocenters. The second-order valence-electron chi connectivity index (χ2n) is 3.77. The molecule has 0 radical (unpaired) electrons. The van der Waals surface area contributed by atoms with Gasteiger partial charge in [-0.25, -0.2) is 9.59 Å². The van der Waals surface area contributed by atoms with E-state index in [1.54, 1.807) is 19.1 Å². The molecule has 1 aromatic rings. The number of hydrogen-bond donors (Lipinski definition) is 3. The number of carbonyl (C=O) groups is 3. The smallest absolute Gasteiger partial charge is 0.339 e. The Morgan fingerprint density at radius 1 is 1.37 bits per heavy atom. The Labute approximate surface area is 109 Å². The molecule has 7 heteroatoms. The van der Waals surface area contributed by atoms with Gasteiger partial charge < -0.3 is 15.6 Å². The second kappa shape index (κ2) is 6.39. The van der Waals surface area contributed by atoms with E-state index in [1.165, 1.54) is 6.07 Å². The fourth-order valence-corrected chi connectivity index (χ4v) is 1.46. The fourth-order valence-electron chi connectivity index (χ4n) is 1.46. The average Bonchev–Trinajstić information content (AvgIpc) is 2.29. The number of primary amides is 1. The number of hydrogen-bond acceptors (Lipinski definition) is 4. The SMILES string of the molecule is Cc1cccc(C(=O)O)c1OCCC(=O)NC(N)=O. The number of nitrogens with two attached hydrogens (primary N) is 1. The molecule has 102 valence electrons. The number of urea groups is 1. The zero-order valence-corrected chi connectivity index (χ0v) is 10.3. The summed E-state index contributed by atoms with van der Waals surface area (Å²) in [4.78, 5) is 32.5. The fraction of sp³-hybridized carbons (Fsp3) is 0.250. The average molecular weight is 266 g/mol. The maximum atomic E-state index is 11.1. The number of imide groups is 1. The molecule has 0 aliphatic carbocycles. The summed E-state index contributed by atoms with van der Waals surface area (Å²) >= 11 is 0. The standard InChI is InChI=1S/C12H14N2O5/c1-7-3-2-4-8(11(16)17)10(7)19-6-5-9(15)14-12(13)18/h2-4H,5-6H2,1H3,(H,16,17)(H3,13,14,15,18). The van der Waals surface area contributed by atoms with E-state index in [2.05, 4.69) is 0 Å². The van der Waals surface area contributed by atoms with Crippen molar-refractivity contribution in [2.24, 2.45) is 5.73 Å². The van der Waals surface area contributed by atoms with Crippen molar-refractivity contribution in [3.8, 4) is 5.75 Å². The highest BCUT2D eigenvalue weighted by molar-refractivity contribution is 5.93. The van der Waals surface area contributed by atoms with Gasteiger partial charge >= 0.3 is 12.0 Å². The molecule has 4 N–H and O–H groups in total. The molecular formula is C12H14N2O5. The maximum Gasteiger partial charge on any atom is 0.339 e. The molecule has 0 spiro atoms. The first-order valence-electron chi connectivity index (χ1n) is 5.47. The van der Waals surface area contributed by atoms with Crippen LogP contribution in [0.1, 0.15) is 22.3 Å². The van der Waals surface area contributed by atoms with Crippen LogP contribution in [0.2, 0.25) is 0 Å². The summed E-state index contributed by atoms with van der Waals surface area (Å²) in [6.45, 7) is 1.65. The zero-order valence-electron chi connectivity index (χ0n) is 10.3. The van der Waals surface area contributed by atoms with Gasteiger partial charge in [-0.15, -0.1) is 0 Å². The van der Waals surface area contributed by atoms with Gasteiger partial charge in [0, 0.05) is 0 Å². The summed E-state index contributed by atoms with van der Waals surface area (Å²) < 4.78 is 5.29. The van der Waals surface area contributed by atoms with Gasteiger partial charge in [-0.05, 0) is 18.6 Å². The van der Waals surface area contributed by atoms with Gasteiger partial charge in [0.15, 0.2) is 0 Å². The molecule has 0 bridgehead atoms. The summed E-state index contributed by atoms with van der Waals surface area (Å²) in [6.07, 6.45) is -0.101. The van der Waals surface area contributed by atoms with Crippen molar-refractivity contribution in [1.29, 1.82) is 0 Å². The van der Waals surface area contributed by atoms with Gasteiger partial charge in [-0.3, -0.25) is 10.1 Å². The van der Waals surface area contributed by atoms with Crippen LogP contribution < -0.4 is 15.8 Å². The predicted octanol–water partition coefficient (Wildman–Crippen LogP) is 0.657. The van der Waals surface area contributed by atoms with Crippen molar-refractivity contribution < 1.29 is 24.2 Å². The van der Waals surface area contributed by atoms with Crippen molar-refractivity contribution in [3.63, 3.8) is 0 Å². The number of ether oxygens (including phenoxy) is 1. The minimum Gasteiger partial charge on any atom is -0.492 e. The van der Waals surface area contributed by atoms with E-state index in [0.29, 0.717) is 5.56 Å². The van der Waals surface area contributed by atoms with E-state index in [1.807, 2.05) is 5.32 Å². The van der Waals surface area contributed by atoms with Crippen LogP contribution in [0, 0.1) is 6.92 Å². The van der Waals surface area contributed by atoms with Crippen LogP contribution in [0.25, 0.3) is 0 Å². The maximum absolute atomic E-state index is 11.1. The van der Waals surface area contributed by atoms with Gasteiger partial charge in [-0.1, -0.05) is 12.1 Å². The molecule has 19 heavy (non-hydrogen) atoms. The number of aromatic carboxylic acids is 1. The number of nitrogens with one attached hydrogen (secondary N) is 1. The molecule has 0 aromatic heterocycles. The Balaban J connectivity index is 2.65. The molecule has 0 fully saturated rings. The number of para-hydroxylation sites is 1. The highest BCUT2D eigenvalue weighted by Crippen LogP contribution is 2.23. The largest absolute Gasteiger partial charge is 0.492 e. The molecule has 7 nitrogen and oxygen atoms in total. The highest BCUT2D eigenvalue weighted by Gasteiger charge is 2.14. The quantitative estimate of drug-likeness (QED) is 0.723. The number of carboxylic acid groups (broad SMARTS) is 1. The van der Waals surface area contributed by atoms with Gasteiger partial charge in [0.05, 0.1) is 13.0 Å². The predicted molar refractivity (Wildman–Crippen MR) is 66.0 cm³/mol. The molecule has 0 unspecified atom stereocenters. The topological polar surface area (TPSA) is 119 Å². The molecule has 0 saturated carbocycles. The molecule has 3 amide bonds. The normalized spacial score (nSPS) is 9.74. The van der Waals surface area contributed by atoms with E-state index < -0.39 is 17.9 Å². The summed E-state index contributed by atoms with van der Waals surface area (Å²) in [5.41, 5.74) is 5.45. The Morgan fingerprint density at radius 3 is 2.63 bits per heavy atom. The first-order valence-corrected chi connectivity index (χ1v) is 5.47. The third-order valence-electron chi connectivity index (χ3n) is 2.28. The lowest BCUT2D eigenvalue weighted by Gasteiger charge is -2.11. The van der Waals surface area contributed by atoms with E-state index in [9.17, 15) is 14.4 Å². The molecule has 0 heterocycles. The number of benzene rings is 1. The molecule has 0 saturated heterocycles. The van der Waals surface area contributed by atoms with Crippen LogP contribution in [-0.2, 0) is 4.79 Å². The van der Waals surface area contributed by atoms with Gasteiger partial charge in [-0.2, -0.15) is 0 Å². The van der Waals surface area contributed by atoms with Crippen LogP contribution in [0.5, 0.6) is 5.75 Å². The summed E-state index contributed by atoms with van der Waals surface area (Å²) in [5, 5.41) is 10.9. The van der Waals surface area contributed by atoms with Crippen LogP contribution in [0.4, 0.5) is 4.79 Å². The Morgan fingerprint density at radius 2 is 2.05 bits per heavy atom. The van der Waals surface area contributed by atoms with Crippen molar-refractivity contribution >= 4 is 17.9 Å². The van der Waals surface area contributed by atoms with E-state index in [-0.39, 0.29) is 24.3 Å². The van der Waals surface area contributed by atoms with Crippen LogP contribution in [0.15, 0.2) is 18.2 Å². The minimum atomic E-state index is -1.11. The lowest BCUT2D eigenvalue weighted by atomic mass is 10.1. The zero-order chi connectivity index (χ0) is 14.4. The monoisotopic (exact) mass is 266 g/mol. The summed E-state index contributed by atoms with van der Waals surface area (Å²) in [7, 11) is 0. The van der Waals surface area contributed by atoms with Gasteiger partial charge in [0.2, 0.25) is 5.91 Å². The number of carbonyl (C=O) groups excluding carboxylic acids is 2. The Hall–Kier alpha value is -2.57. The lowest BCUT2D eigenvalue weighted by molar-refractivity contribution is -0.120. The molecule has 1 rings (SSSR count). The number of carboxylic acids is 1. The van der Waals surface area contributed by atoms with E-state index in [0.717, 1.165) is 0 Å². The van der Waals surface area contributed by atoms with E-state index >= 15 is 0 Å². The van der Waals surface area contributed by atoms with Crippen molar-refractivity contribution in [1.82, 2.24) is 5.32 Å². The minimum absolute atomic E-state index is 0.0234. The Kier molecular flexibility index (Phi) is 4.87. The number of amides is 3. The third-order valence-corrected chi connectivity index (χ3v) is 2.28. The van der Waals surface area contributed by atoms with Gasteiger partial charge in [0.1, 0.15) is 11.3 Å². The van der Waals surface area contributed by atoms with Gasteiger partial charge in [0.25, 0.3) is 0 Å². The molecule has 1 aromatic carbocycles. The third kappa shape index (κ3) is 4.30. The number of aryl methyl sites for hydroxylation is 1. The lowest BCUT2D eigenvalue weighted by Crippen LogP contribution is -2.35. The van der Waals surface area contributed by atoms with Crippen molar-refractivity contribution in [2.45, 2.75) is 13.3 Å². The first kappa shape index (κ1) is 14.5. The van der Waals surface area contributed by atoms with Crippen molar-refractivity contribution in [2.75, 3.05) is 6.61 Å². The van der Waals surface area contributed by atoms with Crippen LogP contribution in [0.3, 0.4) is 0 Å². The molecule has 0 aliphatic heterocycles. The first-order chi connectivity index (χ1) is 8.91. The number of rotatable bonds is 5. The van der Waals surface area contributed by atoms with Crippen LogP contribution >= 0.6 is 0 Å². The molecular weight excluding hydrogens is 252 g/mol. The molecule has 0 aliphatic rings. The Bertz CT molecular complexity index is 513. The highest BCUT2D eigenvalue weighted by atomic mass is 16.5.